The highest BCUT2D eigenvalue weighted by molar-refractivity contribution is 5.97. The van der Waals surface area contributed by atoms with E-state index in [-0.39, 0.29) is 29.9 Å². The quantitative estimate of drug-likeness (QED) is 0.171. The van der Waals surface area contributed by atoms with E-state index in [0.717, 1.165) is 45.5 Å². The molecule has 5 aromatic rings. The Morgan fingerprint density at radius 2 is 1.61 bits per heavy atom. The van der Waals surface area contributed by atoms with Crippen LogP contribution in [0.4, 0.5) is 0 Å². The molecule has 8 heteroatoms. The number of hydrogen-bond donors (Lipinski definition) is 3. The van der Waals surface area contributed by atoms with Gasteiger partial charge in [0.2, 0.25) is 11.8 Å². The number of phenolic OH excluding ortho intramolecular Hbond substituents is 1. The van der Waals surface area contributed by atoms with Crippen LogP contribution in [0, 0.1) is 0 Å². The van der Waals surface area contributed by atoms with Gasteiger partial charge in [0.15, 0.2) is 0 Å². The molecule has 0 spiro atoms. The number of carbonyl (C=O) groups is 2. The average molecular weight is 590 g/mol. The summed E-state index contributed by atoms with van der Waals surface area (Å²) in [4.78, 5) is 29.7. The summed E-state index contributed by atoms with van der Waals surface area (Å²) in [7, 11) is 0. The lowest BCUT2D eigenvalue weighted by molar-refractivity contribution is -0.131. The van der Waals surface area contributed by atoms with Gasteiger partial charge in [0, 0.05) is 23.7 Å². The van der Waals surface area contributed by atoms with E-state index >= 15 is 0 Å². The zero-order valence-electron chi connectivity index (χ0n) is 25.5. The van der Waals surface area contributed by atoms with Crippen molar-refractivity contribution in [3.63, 3.8) is 0 Å². The standard InChI is InChI=1S/C36H39N5O3/c1-36(2,3)27-14-16-28(17-15-27)41-29(22-33(40-41)32-21-25-8-4-5-9-26(25)23-38-32)10-6-7-11-34(43)39-35(44)31(37)20-24-12-18-30(42)19-13-24/h4-5,8-9,12-19,21-23,31,42H,6-7,10-11,20,37H2,1-3H3,(H,39,43,44)/t31-/m0/s1. The van der Waals surface area contributed by atoms with Crippen molar-refractivity contribution < 1.29 is 14.7 Å². The highest BCUT2D eigenvalue weighted by atomic mass is 16.3. The van der Waals surface area contributed by atoms with E-state index in [4.69, 9.17) is 10.8 Å². The van der Waals surface area contributed by atoms with Gasteiger partial charge in [0.05, 0.1) is 17.4 Å². The van der Waals surface area contributed by atoms with Crippen molar-refractivity contribution in [2.45, 2.75) is 64.3 Å². The smallest absolute Gasteiger partial charge is 0.243 e. The molecule has 0 radical (unpaired) electrons. The molecule has 0 fully saturated rings. The Hall–Kier alpha value is -4.82. The second-order valence-corrected chi connectivity index (χ2v) is 12.2. The fourth-order valence-electron chi connectivity index (χ4n) is 5.14. The van der Waals surface area contributed by atoms with Gasteiger partial charge in [-0.15, -0.1) is 0 Å². The van der Waals surface area contributed by atoms with Crippen LogP contribution in [0.3, 0.4) is 0 Å². The van der Waals surface area contributed by atoms with Gasteiger partial charge in [-0.25, -0.2) is 4.68 Å². The molecule has 0 unspecified atom stereocenters. The molecule has 0 bridgehead atoms. The predicted molar refractivity (Wildman–Crippen MR) is 173 cm³/mol. The Bertz CT molecular complexity index is 1750. The van der Waals surface area contributed by atoms with Gasteiger partial charge in [-0.1, -0.05) is 69.3 Å². The number of imide groups is 1. The van der Waals surface area contributed by atoms with Crippen molar-refractivity contribution in [1.29, 1.82) is 0 Å². The third-order valence-electron chi connectivity index (χ3n) is 7.73. The zero-order chi connectivity index (χ0) is 31.3. The van der Waals surface area contributed by atoms with E-state index in [9.17, 15) is 14.7 Å². The monoisotopic (exact) mass is 589 g/mol. The summed E-state index contributed by atoms with van der Waals surface area (Å²) >= 11 is 0. The number of nitrogens with zero attached hydrogens (tertiary/aromatic N) is 3. The molecule has 0 aliphatic rings. The Kier molecular flexibility index (Phi) is 9.20. The largest absolute Gasteiger partial charge is 0.508 e. The molecule has 2 amide bonds. The molecule has 2 heterocycles. The minimum Gasteiger partial charge on any atom is -0.508 e. The molecule has 44 heavy (non-hydrogen) atoms. The first-order valence-corrected chi connectivity index (χ1v) is 15.0. The van der Waals surface area contributed by atoms with E-state index in [2.05, 4.69) is 73.5 Å². The fourth-order valence-corrected chi connectivity index (χ4v) is 5.14. The molecule has 5 rings (SSSR count). The first kappa shape index (κ1) is 30.6. The summed E-state index contributed by atoms with van der Waals surface area (Å²) in [5.41, 5.74) is 11.7. The molecule has 8 nitrogen and oxygen atoms in total. The summed E-state index contributed by atoms with van der Waals surface area (Å²) in [5, 5.41) is 19.0. The number of aryl methyl sites for hydroxylation is 1. The van der Waals surface area contributed by atoms with E-state index in [1.165, 1.54) is 5.56 Å². The van der Waals surface area contributed by atoms with E-state index < -0.39 is 11.9 Å². The van der Waals surface area contributed by atoms with Crippen LogP contribution in [-0.2, 0) is 27.8 Å². The van der Waals surface area contributed by atoms with Crippen LogP contribution in [0.15, 0.2) is 91.1 Å². The summed E-state index contributed by atoms with van der Waals surface area (Å²) < 4.78 is 1.96. The highest BCUT2D eigenvalue weighted by Gasteiger charge is 2.18. The molecule has 3 aromatic carbocycles. The number of nitrogens with two attached hydrogens (primary N) is 1. The number of benzene rings is 3. The summed E-state index contributed by atoms with van der Waals surface area (Å²) in [6.45, 7) is 6.58. The van der Waals surface area contributed by atoms with Crippen LogP contribution >= 0.6 is 0 Å². The predicted octanol–water partition coefficient (Wildman–Crippen LogP) is 6.02. The third kappa shape index (κ3) is 7.57. The van der Waals surface area contributed by atoms with Crippen LogP contribution < -0.4 is 11.1 Å². The Labute approximate surface area is 257 Å². The first-order valence-electron chi connectivity index (χ1n) is 15.0. The highest BCUT2D eigenvalue weighted by Crippen LogP contribution is 2.27. The summed E-state index contributed by atoms with van der Waals surface area (Å²) in [6, 6.07) is 26.4. The zero-order valence-corrected chi connectivity index (χ0v) is 25.5. The maximum atomic E-state index is 12.5. The van der Waals surface area contributed by atoms with Crippen molar-refractivity contribution >= 4 is 22.6 Å². The SMILES string of the molecule is CC(C)(C)c1ccc(-n2nc(-c3cc4ccccc4cn3)cc2CCCCC(=O)NC(=O)[C@@H](N)Cc2ccc(O)cc2)cc1. The molecule has 0 aliphatic carbocycles. The Morgan fingerprint density at radius 1 is 0.909 bits per heavy atom. The molecule has 4 N–H and O–H groups in total. The van der Waals surface area contributed by atoms with Crippen LogP contribution in [0.2, 0.25) is 0 Å². The molecule has 1 atom stereocenters. The van der Waals surface area contributed by atoms with Crippen molar-refractivity contribution in [1.82, 2.24) is 20.1 Å². The lowest BCUT2D eigenvalue weighted by atomic mass is 9.87. The molecule has 0 saturated heterocycles. The van der Waals surface area contributed by atoms with Gasteiger partial charge >= 0.3 is 0 Å². The minimum atomic E-state index is -0.857. The average Bonchev–Trinajstić information content (AvgIpc) is 3.44. The van der Waals surface area contributed by atoms with Gasteiger partial charge < -0.3 is 10.8 Å². The first-order chi connectivity index (χ1) is 21.1. The maximum Gasteiger partial charge on any atom is 0.243 e. The molecule has 2 aromatic heterocycles. The number of hydrogen-bond acceptors (Lipinski definition) is 6. The van der Waals surface area contributed by atoms with E-state index in [1.807, 2.05) is 29.1 Å². The lowest BCUT2D eigenvalue weighted by Crippen LogP contribution is -2.44. The third-order valence-corrected chi connectivity index (χ3v) is 7.73. The number of rotatable bonds is 10. The molecule has 0 saturated carbocycles. The van der Waals surface area contributed by atoms with Gasteiger partial charge in [0.25, 0.3) is 0 Å². The Balaban J connectivity index is 1.25. The number of unbranched alkanes of at least 4 members (excludes halogenated alkanes) is 1. The van der Waals surface area contributed by atoms with Crippen LogP contribution in [-0.4, -0.2) is 37.7 Å². The summed E-state index contributed by atoms with van der Waals surface area (Å²) in [5.74, 6) is -0.708. The fraction of sp³-hybridized carbons (Fsp3) is 0.278. The number of carbonyl (C=O) groups excluding carboxylic acids is 2. The molecule has 0 aliphatic heterocycles. The topological polar surface area (TPSA) is 123 Å². The van der Waals surface area contributed by atoms with Crippen molar-refractivity contribution in [3.05, 3.63) is 108 Å². The van der Waals surface area contributed by atoms with Gasteiger partial charge in [-0.3, -0.25) is 19.9 Å². The number of aromatic nitrogens is 3. The normalized spacial score (nSPS) is 12.3. The molecular formula is C36H39N5O3. The number of aromatic hydroxyl groups is 1. The molecular weight excluding hydrogens is 550 g/mol. The van der Waals surface area contributed by atoms with E-state index in [0.29, 0.717) is 12.8 Å². The van der Waals surface area contributed by atoms with Gasteiger partial charge in [-0.2, -0.15) is 5.10 Å². The minimum absolute atomic E-state index is 0.0447. The molecule has 226 valence electrons. The number of nitrogens with one attached hydrogen (secondary N) is 1. The van der Waals surface area contributed by atoms with Crippen molar-refractivity contribution in [3.8, 4) is 22.8 Å². The second kappa shape index (κ2) is 13.2. The number of phenols is 1. The lowest BCUT2D eigenvalue weighted by Gasteiger charge is -2.19. The Morgan fingerprint density at radius 3 is 2.32 bits per heavy atom. The van der Waals surface area contributed by atoms with Crippen molar-refractivity contribution in [2.75, 3.05) is 0 Å². The van der Waals surface area contributed by atoms with Gasteiger partial charge in [-0.05, 0) is 84.0 Å². The number of pyridine rings is 1. The van der Waals surface area contributed by atoms with Crippen LogP contribution in [0.25, 0.3) is 27.8 Å². The van der Waals surface area contributed by atoms with Crippen LogP contribution in [0.5, 0.6) is 5.75 Å². The second-order valence-electron chi connectivity index (χ2n) is 12.2. The van der Waals surface area contributed by atoms with Crippen LogP contribution in [0.1, 0.15) is 56.9 Å². The van der Waals surface area contributed by atoms with E-state index in [1.54, 1.807) is 24.3 Å². The summed E-state index contributed by atoms with van der Waals surface area (Å²) in [6.07, 6.45) is 4.39. The van der Waals surface area contributed by atoms with Crippen molar-refractivity contribution in [2.24, 2.45) is 5.73 Å². The number of amides is 2. The van der Waals surface area contributed by atoms with Gasteiger partial charge in [0.1, 0.15) is 11.4 Å². The maximum absolute atomic E-state index is 12.5. The number of fused-ring (bicyclic) bond motifs is 1.